The minimum absolute atomic E-state index is 0.247. The van der Waals surface area contributed by atoms with Crippen LogP contribution < -0.4 is 0 Å². The van der Waals surface area contributed by atoms with E-state index in [4.69, 9.17) is 4.74 Å². The lowest BCUT2D eigenvalue weighted by molar-refractivity contribution is -0.111. The second-order valence-corrected chi connectivity index (χ2v) is 9.08. The van der Waals surface area contributed by atoms with E-state index in [0.29, 0.717) is 11.5 Å². The maximum atomic E-state index is 6.31. The van der Waals surface area contributed by atoms with E-state index in [1.54, 1.807) is 5.57 Å². The van der Waals surface area contributed by atoms with Crippen molar-refractivity contribution in [2.24, 2.45) is 35.0 Å². The number of hydrogen-bond donors (Lipinski definition) is 0. The number of allylic oxidation sites excluding steroid dienone is 1. The van der Waals surface area contributed by atoms with Gasteiger partial charge in [0.25, 0.3) is 0 Å². The van der Waals surface area contributed by atoms with Crippen molar-refractivity contribution in [2.45, 2.75) is 70.5 Å². The number of hydrogen-bond acceptors (Lipinski definition) is 1. The Morgan fingerprint density at radius 1 is 1.20 bits per heavy atom. The molecular formula is C19H28O. The average molecular weight is 272 g/mol. The van der Waals surface area contributed by atoms with E-state index in [1.165, 1.54) is 44.9 Å². The van der Waals surface area contributed by atoms with Crippen molar-refractivity contribution in [3.8, 4) is 0 Å². The lowest BCUT2D eigenvalue weighted by Gasteiger charge is -2.62. The van der Waals surface area contributed by atoms with Gasteiger partial charge in [0.15, 0.2) is 0 Å². The molecule has 1 heteroatoms. The van der Waals surface area contributed by atoms with Crippen LogP contribution in [0.25, 0.3) is 0 Å². The zero-order valence-corrected chi connectivity index (χ0v) is 13.0. The summed E-state index contributed by atoms with van der Waals surface area (Å²) in [4.78, 5) is 0. The minimum Gasteiger partial charge on any atom is -0.366 e. The van der Waals surface area contributed by atoms with Crippen LogP contribution in [0.15, 0.2) is 12.2 Å². The summed E-state index contributed by atoms with van der Waals surface area (Å²) in [6.07, 6.45) is 10.5. The summed E-state index contributed by atoms with van der Waals surface area (Å²) < 4.78 is 6.31. The second kappa shape index (κ2) is 3.54. The lowest BCUT2D eigenvalue weighted by atomic mass is 9.43. The van der Waals surface area contributed by atoms with Gasteiger partial charge in [-0.05, 0) is 80.5 Å². The van der Waals surface area contributed by atoms with Crippen LogP contribution in [0.2, 0.25) is 0 Å². The fourth-order valence-corrected chi connectivity index (χ4v) is 7.22. The molecule has 6 rings (SSSR count). The summed E-state index contributed by atoms with van der Waals surface area (Å²) in [5.74, 6) is 4.36. The van der Waals surface area contributed by atoms with Gasteiger partial charge < -0.3 is 4.74 Å². The van der Waals surface area contributed by atoms with Gasteiger partial charge in [0.1, 0.15) is 0 Å². The molecule has 5 saturated carbocycles. The molecule has 0 aromatic heterocycles. The summed E-state index contributed by atoms with van der Waals surface area (Å²) >= 11 is 0. The molecule has 0 aromatic rings. The molecule has 0 radical (unpaired) electrons. The van der Waals surface area contributed by atoms with Crippen molar-refractivity contribution in [1.82, 2.24) is 0 Å². The molecule has 1 aliphatic heterocycles. The van der Waals surface area contributed by atoms with Gasteiger partial charge in [-0.1, -0.05) is 25.5 Å². The quantitative estimate of drug-likeness (QED) is 0.465. The summed E-state index contributed by atoms with van der Waals surface area (Å²) in [5, 5.41) is 0. The van der Waals surface area contributed by atoms with Crippen LogP contribution in [0.5, 0.6) is 0 Å². The number of fused-ring (bicyclic) bond motifs is 2. The van der Waals surface area contributed by atoms with Crippen LogP contribution in [0.3, 0.4) is 0 Å². The molecule has 20 heavy (non-hydrogen) atoms. The van der Waals surface area contributed by atoms with Crippen molar-refractivity contribution >= 4 is 0 Å². The predicted molar refractivity (Wildman–Crippen MR) is 80.3 cm³/mol. The van der Waals surface area contributed by atoms with Crippen molar-refractivity contribution in [1.29, 1.82) is 0 Å². The highest BCUT2D eigenvalue weighted by Gasteiger charge is 2.69. The Hall–Kier alpha value is -0.300. The molecule has 1 heterocycles. The van der Waals surface area contributed by atoms with Crippen molar-refractivity contribution in [2.75, 3.05) is 0 Å². The molecule has 5 aliphatic carbocycles. The molecule has 6 fully saturated rings. The third-order valence-electron chi connectivity index (χ3n) is 8.14. The summed E-state index contributed by atoms with van der Waals surface area (Å²) in [6, 6.07) is 0. The van der Waals surface area contributed by atoms with E-state index >= 15 is 0 Å². The highest BCUT2D eigenvalue weighted by Crippen LogP contribution is 2.70. The van der Waals surface area contributed by atoms with Gasteiger partial charge in [-0.15, -0.1) is 0 Å². The predicted octanol–water partition coefficient (Wildman–Crippen LogP) is 4.57. The Labute approximate surface area is 123 Å². The molecular weight excluding hydrogens is 244 g/mol. The topological polar surface area (TPSA) is 12.5 Å². The van der Waals surface area contributed by atoms with Gasteiger partial charge in [-0.25, -0.2) is 0 Å². The van der Waals surface area contributed by atoms with Crippen molar-refractivity contribution in [3.05, 3.63) is 12.2 Å². The van der Waals surface area contributed by atoms with Crippen LogP contribution >= 0.6 is 0 Å². The summed E-state index contributed by atoms with van der Waals surface area (Å²) in [5.41, 5.74) is 2.47. The molecule has 0 aromatic carbocycles. The van der Waals surface area contributed by atoms with Crippen molar-refractivity contribution in [3.63, 3.8) is 0 Å². The highest BCUT2D eigenvalue weighted by atomic mass is 16.6. The standard InChI is InChI=1S/C19H28O/c1-11-9-12-6-7-15(19(3)17(12)20-19)13-5-4-8-18(2)10-14(11)16(13)18/h12-17H,1,4-10H2,2-3H3/t12-,13-,14+,15+,16+,17-,18-,19+/m0/s1. The molecule has 2 bridgehead atoms. The molecule has 1 nitrogen and oxygen atoms in total. The SMILES string of the molecule is C=C1C[C@@H]2CC[C@H]([C@@H]3CCC[C@@]4(C)C[C@H]1[C@@H]34)[C@@]1(C)O[C@@H]21. The van der Waals surface area contributed by atoms with E-state index in [2.05, 4.69) is 20.4 Å². The zero-order valence-electron chi connectivity index (χ0n) is 13.0. The van der Waals surface area contributed by atoms with Crippen LogP contribution in [-0.4, -0.2) is 11.7 Å². The monoisotopic (exact) mass is 272 g/mol. The second-order valence-electron chi connectivity index (χ2n) is 9.08. The number of epoxide rings is 1. The van der Waals surface area contributed by atoms with Crippen LogP contribution in [0.1, 0.15) is 58.8 Å². The fourth-order valence-electron chi connectivity index (χ4n) is 7.22. The van der Waals surface area contributed by atoms with Crippen molar-refractivity contribution < 1.29 is 4.74 Å². The highest BCUT2D eigenvalue weighted by molar-refractivity contribution is 5.24. The van der Waals surface area contributed by atoms with E-state index in [-0.39, 0.29) is 5.60 Å². The molecule has 0 unspecified atom stereocenters. The zero-order chi connectivity index (χ0) is 13.7. The first-order chi connectivity index (χ1) is 9.53. The van der Waals surface area contributed by atoms with E-state index in [9.17, 15) is 0 Å². The first-order valence-corrected chi connectivity index (χ1v) is 8.88. The fraction of sp³-hybridized carbons (Fsp3) is 0.895. The largest absolute Gasteiger partial charge is 0.366 e. The van der Waals surface area contributed by atoms with Crippen LogP contribution in [0, 0.1) is 35.0 Å². The molecule has 1 saturated heterocycles. The molecule has 0 amide bonds. The lowest BCUT2D eigenvalue weighted by Crippen LogP contribution is -2.55. The van der Waals surface area contributed by atoms with E-state index in [0.717, 1.165) is 29.6 Å². The third-order valence-corrected chi connectivity index (χ3v) is 8.14. The van der Waals surface area contributed by atoms with Gasteiger partial charge in [-0.3, -0.25) is 0 Å². The maximum Gasteiger partial charge on any atom is 0.0954 e. The molecule has 0 N–H and O–H groups in total. The van der Waals surface area contributed by atoms with Gasteiger partial charge >= 0.3 is 0 Å². The minimum atomic E-state index is 0.247. The smallest absolute Gasteiger partial charge is 0.0954 e. The Kier molecular flexibility index (Phi) is 2.17. The number of ether oxygens (including phenoxy) is 1. The van der Waals surface area contributed by atoms with Crippen LogP contribution in [-0.2, 0) is 4.74 Å². The first-order valence-electron chi connectivity index (χ1n) is 8.88. The normalized spacial score (nSPS) is 63.4. The van der Waals surface area contributed by atoms with Gasteiger partial charge in [0, 0.05) is 0 Å². The Bertz CT molecular complexity index is 482. The Balaban J connectivity index is 1.60. The molecule has 8 atom stereocenters. The van der Waals surface area contributed by atoms with Gasteiger partial charge in [-0.2, -0.15) is 0 Å². The molecule has 6 aliphatic rings. The first kappa shape index (κ1) is 12.3. The van der Waals surface area contributed by atoms with Gasteiger partial charge in [0.2, 0.25) is 0 Å². The molecule has 0 spiro atoms. The number of rotatable bonds is 0. The van der Waals surface area contributed by atoms with E-state index in [1.807, 2.05) is 0 Å². The van der Waals surface area contributed by atoms with E-state index < -0.39 is 0 Å². The Morgan fingerprint density at radius 3 is 2.90 bits per heavy atom. The average Bonchev–Trinajstić information content (AvgIpc) is 3.05. The summed E-state index contributed by atoms with van der Waals surface area (Å²) in [7, 11) is 0. The maximum absolute atomic E-state index is 6.31. The van der Waals surface area contributed by atoms with Crippen LogP contribution in [0.4, 0.5) is 0 Å². The summed E-state index contributed by atoms with van der Waals surface area (Å²) in [6.45, 7) is 9.54. The molecule has 110 valence electrons. The van der Waals surface area contributed by atoms with Gasteiger partial charge in [0.05, 0.1) is 11.7 Å². The third kappa shape index (κ3) is 1.30. The Morgan fingerprint density at radius 2 is 2.05 bits per heavy atom.